The van der Waals surface area contributed by atoms with Crippen LogP contribution in [-0.4, -0.2) is 32.4 Å². The summed E-state index contributed by atoms with van der Waals surface area (Å²) in [6.07, 6.45) is 1.71. The van der Waals surface area contributed by atoms with Crippen molar-refractivity contribution in [3.8, 4) is 11.1 Å². The molecule has 0 saturated heterocycles. The van der Waals surface area contributed by atoms with E-state index in [4.69, 9.17) is 16.6 Å². The Balaban J connectivity index is 1.22. The maximum atomic E-state index is 13.6. The lowest BCUT2D eigenvalue weighted by Crippen LogP contribution is -2.36. The van der Waals surface area contributed by atoms with Gasteiger partial charge < -0.3 is 15.0 Å². The number of carbonyl (C=O) groups excluding carboxylic acids is 1. The average molecular weight is 582 g/mol. The van der Waals surface area contributed by atoms with E-state index in [1.165, 1.54) is 5.56 Å². The smallest absolute Gasteiger partial charge is 0.256 e. The molecule has 6 nitrogen and oxygen atoms in total. The normalized spacial score (nSPS) is 16.8. The fraction of sp³-hybridized carbons (Fsp3) is 0.343. The van der Waals surface area contributed by atoms with Gasteiger partial charge in [0.2, 0.25) is 0 Å². The molecule has 1 aliphatic heterocycles. The summed E-state index contributed by atoms with van der Waals surface area (Å²) < 4.78 is 0. The second-order valence-corrected chi connectivity index (χ2v) is 13.1. The van der Waals surface area contributed by atoms with Crippen LogP contribution in [-0.2, 0) is 28.6 Å². The number of nitrogens with zero attached hydrogens (tertiary/aromatic N) is 2. The molecule has 0 radical (unpaired) electrons. The number of aliphatic hydroxyl groups is 1. The van der Waals surface area contributed by atoms with Gasteiger partial charge in [0.25, 0.3) is 11.5 Å². The summed E-state index contributed by atoms with van der Waals surface area (Å²) in [5.74, 6) is 0.254. The summed E-state index contributed by atoms with van der Waals surface area (Å²) >= 11 is 6.26. The van der Waals surface area contributed by atoms with Crippen molar-refractivity contribution < 1.29 is 9.90 Å². The van der Waals surface area contributed by atoms with Crippen molar-refractivity contribution in [3.05, 3.63) is 122 Å². The van der Waals surface area contributed by atoms with Crippen molar-refractivity contribution in [2.24, 2.45) is 0 Å². The van der Waals surface area contributed by atoms with E-state index in [0.29, 0.717) is 41.4 Å². The number of halogens is 1. The number of hydrogen-bond acceptors (Lipinski definition) is 4. The Kier molecular flexibility index (Phi) is 7.32. The number of hydrogen-bond donors (Lipinski definition) is 2. The second kappa shape index (κ2) is 10.8. The lowest BCUT2D eigenvalue weighted by molar-refractivity contribution is -0.141. The Morgan fingerprint density at radius 2 is 1.76 bits per heavy atom. The van der Waals surface area contributed by atoms with Crippen molar-refractivity contribution in [3.63, 3.8) is 0 Å². The number of rotatable bonds is 5. The maximum absolute atomic E-state index is 13.6. The topological polar surface area (TPSA) is 86.3 Å². The van der Waals surface area contributed by atoms with Crippen molar-refractivity contribution >= 4 is 17.5 Å². The van der Waals surface area contributed by atoms with Crippen molar-refractivity contribution in [2.75, 3.05) is 6.54 Å². The molecule has 1 atom stereocenters. The minimum Gasteiger partial charge on any atom is -0.378 e. The van der Waals surface area contributed by atoms with Gasteiger partial charge in [0.15, 0.2) is 6.10 Å². The van der Waals surface area contributed by atoms with Crippen LogP contribution in [0.2, 0.25) is 5.02 Å². The number of aromatic nitrogens is 2. The Morgan fingerprint density at radius 3 is 2.45 bits per heavy atom. The molecule has 3 aromatic carbocycles. The molecule has 1 fully saturated rings. The second-order valence-electron chi connectivity index (χ2n) is 12.7. The summed E-state index contributed by atoms with van der Waals surface area (Å²) in [5, 5.41) is 11.8. The van der Waals surface area contributed by atoms with Gasteiger partial charge in [-0.05, 0) is 77.1 Å². The van der Waals surface area contributed by atoms with Gasteiger partial charge in [-0.25, -0.2) is 4.98 Å². The van der Waals surface area contributed by atoms with Gasteiger partial charge >= 0.3 is 0 Å². The summed E-state index contributed by atoms with van der Waals surface area (Å²) in [4.78, 5) is 36.5. The molecule has 1 aliphatic carbocycles. The summed E-state index contributed by atoms with van der Waals surface area (Å²) in [6.45, 7) is 7.10. The first kappa shape index (κ1) is 28.4. The third-order valence-electron chi connectivity index (χ3n) is 8.70. The first-order valence-corrected chi connectivity index (χ1v) is 15.0. The molecule has 7 heteroatoms. The largest absolute Gasteiger partial charge is 0.378 e. The minimum atomic E-state index is -1.33. The average Bonchev–Trinajstić information content (AvgIpc) is 3.81. The van der Waals surface area contributed by atoms with Crippen LogP contribution in [0.25, 0.3) is 11.1 Å². The standard InChI is InChI=1S/C35H36ClN3O3/c1-34(2,3)25-14-12-22(13-15-25)23-7-4-8-24(19-23)30(40)32(42)39-18-6-11-29-28(21-39)31(41)38-33(37-29)35(16-17-35)26-9-5-10-27(36)20-26/h4-5,7-10,12-15,19-20,30,40H,6,11,16-18,21H2,1-3H3,(H,37,38,41)/t30-/m1/s1. The molecule has 1 saturated carbocycles. The molecular formula is C35H36ClN3O3. The van der Waals surface area contributed by atoms with E-state index in [-0.39, 0.29) is 22.9 Å². The molecular weight excluding hydrogens is 546 g/mol. The van der Waals surface area contributed by atoms with E-state index in [1.54, 1.807) is 11.0 Å². The van der Waals surface area contributed by atoms with E-state index in [9.17, 15) is 14.7 Å². The van der Waals surface area contributed by atoms with E-state index in [1.807, 2.05) is 42.5 Å². The highest BCUT2D eigenvalue weighted by molar-refractivity contribution is 6.30. The Labute approximate surface area is 251 Å². The van der Waals surface area contributed by atoms with Gasteiger partial charge in [0.1, 0.15) is 5.82 Å². The molecule has 42 heavy (non-hydrogen) atoms. The fourth-order valence-corrected chi connectivity index (χ4v) is 6.17. The number of amides is 1. The van der Waals surface area contributed by atoms with Gasteiger partial charge in [0, 0.05) is 11.6 Å². The first-order valence-electron chi connectivity index (χ1n) is 14.6. The molecule has 2 aliphatic rings. The SMILES string of the molecule is CC(C)(C)c1ccc(-c2cccc([C@@H](O)C(=O)N3CCCc4nc(C5(c6cccc(Cl)c6)CC5)[nH]c(=O)c4C3)c2)cc1. The van der Waals surface area contributed by atoms with Gasteiger partial charge in [-0.15, -0.1) is 0 Å². The highest BCUT2D eigenvalue weighted by Gasteiger charge is 2.48. The lowest BCUT2D eigenvalue weighted by atomic mass is 9.86. The molecule has 4 aromatic rings. The summed E-state index contributed by atoms with van der Waals surface area (Å²) in [6, 6.07) is 23.6. The van der Waals surface area contributed by atoms with Crippen LogP contribution >= 0.6 is 11.6 Å². The van der Waals surface area contributed by atoms with Crippen LogP contribution in [0.1, 0.15) is 79.9 Å². The van der Waals surface area contributed by atoms with Crippen LogP contribution in [0.4, 0.5) is 0 Å². The molecule has 2 heterocycles. The molecule has 216 valence electrons. The van der Waals surface area contributed by atoms with E-state index in [2.05, 4.69) is 50.0 Å². The third kappa shape index (κ3) is 5.41. The molecule has 1 aromatic heterocycles. The van der Waals surface area contributed by atoms with Gasteiger partial charge in [0.05, 0.1) is 23.2 Å². The third-order valence-corrected chi connectivity index (χ3v) is 8.94. The van der Waals surface area contributed by atoms with Gasteiger partial charge in [-0.3, -0.25) is 9.59 Å². The number of carbonyl (C=O) groups is 1. The number of benzene rings is 3. The van der Waals surface area contributed by atoms with Crippen LogP contribution < -0.4 is 5.56 Å². The maximum Gasteiger partial charge on any atom is 0.256 e. The molecule has 0 spiro atoms. The number of nitrogens with one attached hydrogen (secondary N) is 1. The van der Waals surface area contributed by atoms with Crippen LogP contribution in [0, 0.1) is 0 Å². The van der Waals surface area contributed by atoms with Gasteiger partial charge in [-0.2, -0.15) is 0 Å². The van der Waals surface area contributed by atoms with E-state index >= 15 is 0 Å². The first-order chi connectivity index (χ1) is 20.0. The zero-order valence-corrected chi connectivity index (χ0v) is 25.0. The lowest BCUT2D eigenvalue weighted by Gasteiger charge is -2.24. The van der Waals surface area contributed by atoms with Crippen LogP contribution in [0.15, 0.2) is 77.6 Å². The van der Waals surface area contributed by atoms with Crippen LogP contribution in [0.5, 0.6) is 0 Å². The number of aliphatic hydroxyl groups excluding tert-OH is 1. The number of fused-ring (bicyclic) bond motifs is 1. The van der Waals surface area contributed by atoms with Crippen molar-refractivity contribution in [1.82, 2.24) is 14.9 Å². The quantitative estimate of drug-likeness (QED) is 0.283. The Morgan fingerprint density at radius 1 is 1.02 bits per heavy atom. The monoisotopic (exact) mass is 581 g/mol. The Bertz CT molecular complexity index is 1700. The minimum absolute atomic E-state index is 0.0586. The number of H-pyrrole nitrogens is 1. The van der Waals surface area contributed by atoms with Crippen molar-refractivity contribution in [1.29, 1.82) is 0 Å². The predicted octanol–water partition coefficient (Wildman–Crippen LogP) is 6.48. The van der Waals surface area contributed by atoms with Crippen molar-refractivity contribution in [2.45, 2.75) is 69.9 Å². The highest BCUT2D eigenvalue weighted by Crippen LogP contribution is 2.52. The zero-order valence-electron chi connectivity index (χ0n) is 24.3. The Hall–Kier alpha value is -3.74. The molecule has 0 unspecified atom stereocenters. The molecule has 6 rings (SSSR count). The van der Waals surface area contributed by atoms with Gasteiger partial charge in [-0.1, -0.05) is 87.0 Å². The highest BCUT2D eigenvalue weighted by atomic mass is 35.5. The number of aryl methyl sites for hydroxylation is 1. The summed E-state index contributed by atoms with van der Waals surface area (Å²) in [5.41, 5.74) is 5.51. The molecule has 1 amide bonds. The molecule has 0 bridgehead atoms. The number of aromatic amines is 1. The molecule has 2 N–H and O–H groups in total. The predicted molar refractivity (Wildman–Crippen MR) is 166 cm³/mol. The fourth-order valence-electron chi connectivity index (χ4n) is 5.98. The summed E-state index contributed by atoms with van der Waals surface area (Å²) in [7, 11) is 0. The van der Waals surface area contributed by atoms with E-state index in [0.717, 1.165) is 35.2 Å². The van der Waals surface area contributed by atoms with Crippen LogP contribution in [0.3, 0.4) is 0 Å². The zero-order chi connectivity index (χ0) is 29.6. The van der Waals surface area contributed by atoms with E-state index < -0.39 is 12.0 Å².